The van der Waals surface area contributed by atoms with Crippen molar-refractivity contribution >= 4 is 17.4 Å². The van der Waals surface area contributed by atoms with E-state index in [0.29, 0.717) is 25.3 Å². The molecule has 1 aromatic heterocycles. The summed E-state index contributed by atoms with van der Waals surface area (Å²) in [6.07, 6.45) is 1.33. The molecule has 4 aliphatic rings. The molecule has 8 heteroatoms. The molecule has 5 atom stereocenters. The van der Waals surface area contributed by atoms with Gasteiger partial charge in [0.2, 0.25) is 11.8 Å². The number of nitrogens with one attached hydrogen (secondary N) is 2. The van der Waals surface area contributed by atoms with Crippen LogP contribution >= 0.6 is 0 Å². The number of Topliss-reactive ketones (excluding diaryl/α,β-unsaturated/α-hetero) is 1. The van der Waals surface area contributed by atoms with E-state index in [1.54, 1.807) is 0 Å². The van der Waals surface area contributed by atoms with Crippen LogP contribution in [-0.2, 0) is 26.2 Å². The van der Waals surface area contributed by atoms with Crippen molar-refractivity contribution in [2.75, 3.05) is 11.9 Å². The van der Waals surface area contributed by atoms with Crippen molar-refractivity contribution in [2.45, 2.75) is 70.2 Å². The first-order chi connectivity index (χ1) is 18.9. The molecule has 1 saturated heterocycles. The fraction of sp³-hybridized carbons (Fsp3) is 0.452. The fourth-order valence-electron chi connectivity index (χ4n) is 6.80. The second-order valence-electron chi connectivity index (χ2n) is 11.6. The summed E-state index contributed by atoms with van der Waals surface area (Å²) >= 11 is 0. The third-order valence-electron chi connectivity index (χ3n) is 8.74. The predicted molar refractivity (Wildman–Crippen MR) is 144 cm³/mol. The lowest BCUT2D eigenvalue weighted by atomic mass is 9.72. The maximum Gasteiger partial charge on any atom is 0.224 e. The molecule has 1 amide bonds. The number of ether oxygens (including phenoxy) is 2. The highest BCUT2D eigenvalue weighted by Gasteiger charge is 2.60. The van der Waals surface area contributed by atoms with E-state index in [-0.39, 0.29) is 24.0 Å². The van der Waals surface area contributed by atoms with Crippen LogP contribution in [0.25, 0.3) is 0 Å². The summed E-state index contributed by atoms with van der Waals surface area (Å²) < 4.78 is 18.8. The monoisotopic (exact) mass is 527 g/mol. The number of hydrogen-bond donors (Lipinski definition) is 2. The first-order valence-electron chi connectivity index (χ1n) is 13.9. The van der Waals surface area contributed by atoms with Gasteiger partial charge in [-0.2, -0.15) is 0 Å². The van der Waals surface area contributed by atoms with Gasteiger partial charge in [-0.15, -0.1) is 0 Å². The Bertz CT molecular complexity index is 1470. The fourth-order valence-corrected chi connectivity index (χ4v) is 6.80. The highest BCUT2D eigenvalue weighted by Crippen LogP contribution is 2.58. The third-order valence-corrected chi connectivity index (χ3v) is 8.74. The van der Waals surface area contributed by atoms with Gasteiger partial charge in [0.15, 0.2) is 12.0 Å². The third kappa shape index (κ3) is 3.64. The zero-order chi connectivity index (χ0) is 26.9. The first-order valence-corrected chi connectivity index (χ1v) is 13.9. The van der Waals surface area contributed by atoms with Gasteiger partial charge in [-0.1, -0.05) is 44.2 Å². The number of ketones is 1. The number of para-hydroxylation sites is 1. The van der Waals surface area contributed by atoms with Crippen molar-refractivity contribution in [3.8, 4) is 5.75 Å². The quantitative estimate of drug-likeness (QED) is 0.512. The second kappa shape index (κ2) is 8.95. The Morgan fingerprint density at radius 1 is 1.15 bits per heavy atom. The molecule has 1 unspecified atom stereocenters. The normalized spacial score (nSPS) is 28.6. The Labute approximate surface area is 227 Å². The number of amides is 1. The van der Waals surface area contributed by atoms with Crippen molar-refractivity contribution in [3.05, 3.63) is 76.5 Å². The lowest BCUT2D eigenvalue weighted by Gasteiger charge is -2.28. The molecule has 0 aliphatic carbocycles. The summed E-state index contributed by atoms with van der Waals surface area (Å²) in [6.45, 7) is 6.63. The van der Waals surface area contributed by atoms with Crippen LogP contribution in [0.2, 0.25) is 0 Å². The number of benzene rings is 2. The average Bonchev–Trinajstić information content (AvgIpc) is 3.69. The van der Waals surface area contributed by atoms with Gasteiger partial charge in [-0.25, -0.2) is 4.98 Å². The number of nitrogens with zero attached hydrogens (tertiary/aromatic N) is 1. The summed E-state index contributed by atoms with van der Waals surface area (Å²) in [5, 5.41) is 6.77. The Kier molecular flexibility index (Phi) is 5.60. The molecule has 4 bridgehead atoms. The van der Waals surface area contributed by atoms with E-state index in [1.165, 1.54) is 0 Å². The lowest BCUT2D eigenvalue weighted by Crippen LogP contribution is -2.40. The number of anilines is 1. The maximum atomic E-state index is 13.8. The van der Waals surface area contributed by atoms with Crippen LogP contribution in [-0.4, -0.2) is 35.6 Å². The van der Waals surface area contributed by atoms with Gasteiger partial charge >= 0.3 is 0 Å². The van der Waals surface area contributed by atoms with Crippen LogP contribution in [0.3, 0.4) is 0 Å². The molecule has 0 saturated carbocycles. The number of carbonyl (C=O) groups is 2. The highest BCUT2D eigenvalue weighted by molar-refractivity contribution is 5.89. The van der Waals surface area contributed by atoms with Crippen molar-refractivity contribution < 1.29 is 23.5 Å². The van der Waals surface area contributed by atoms with Gasteiger partial charge in [-0.3, -0.25) is 9.59 Å². The van der Waals surface area contributed by atoms with Gasteiger partial charge in [0.1, 0.15) is 29.1 Å². The summed E-state index contributed by atoms with van der Waals surface area (Å²) in [6, 6.07) is 13.9. The largest absolute Gasteiger partial charge is 0.469 e. The Morgan fingerprint density at radius 2 is 2.00 bits per heavy atom. The summed E-state index contributed by atoms with van der Waals surface area (Å²) in [5.41, 5.74) is 4.06. The summed E-state index contributed by atoms with van der Waals surface area (Å²) in [4.78, 5) is 31.8. The number of aromatic nitrogens is 1. The van der Waals surface area contributed by atoms with Gasteiger partial charge in [-0.05, 0) is 55.4 Å². The molecule has 4 aliphatic heterocycles. The van der Waals surface area contributed by atoms with E-state index in [4.69, 9.17) is 18.9 Å². The second-order valence-corrected chi connectivity index (χ2v) is 11.6. The van der Waals surface area contributed by atoms with Crippen LogP contribution in [0, 0.1) is 18.8 Å². The van der Waals surface area contributed by atoms with E-state index in [1.807, 2.05) is 45.0 Å². The molecule has 3 aromatic rings. The number of aryl methyl sites for hydroxylation is 1. The number of rotatable bonds is 4. The molecule has 2 aromatic carbocycles. The molecule has 0 radical (unpaired) electrons. The van der Waals surface area contributed by atoms with Gasteiger partial charge in [0.25, 0.3) is 0 Å². The summed E-state index contributed by atoms with van der Waals surface area (Å²) in [5.74, 6) is 1.27. The van der Waals surface area contributed by atoms with Crippen LogP contribution < -0.4 is 15.4 Å². The molecule has 2 N–H and O–H groups in total. The molecular weight excluding hydrogens is 494 g/mol. The number of hydrogen-bond acceptors (Lipinski definition) is 7. The Hall–Kier alpha value is -3.65. The van der Waals surface area contributed by atoms with Gasteiger partial charge in [0, 0.05) is 30.2 Å². The molecular formula is C31H33N3O5. The standard InChI is InChI=1S/C31H33N3O5/c1-16(2)26-29-32-17(3)27(39-29)31-20-7-4-5-8-22(20)33-30(31)38-24-11-10-18(14-21(24)31)13-19(28(36)34-26)15-23(35)25-9-6-12-37-25/h4-5,7-8,10-11,14,16,19,25-26,30,33H,6,9,12-13,15H2,1-3H3,(H,34,36)/t19-,25-,26+,30+,31?/m1/s1. The average molecular weight is 528 g/mol. The minimum absolute atomic E-state index is 0.00922. The van der Waals surface area contributed by atoms with Crippen molar-refractivity contribution in [1.82, 2.24) is 10.3 Å². The minimum atomic E-state index is -0.731. The molecule has 1 fully saturated rings. The minimum Gasteiger partial charge on any atom is -0.469 e. The van der Waals surface area contributed by atoms with Crippen molar-refractivity contribution in [2.24, 2.45) is 11.8 Å². The van der Waals surface area contributed by atoms with E-state index in [9.17, 15) is 9.59 Å². The number of carbonyl (C=O) groups excluding carboxylic acids is 2. The van der Waals surface area contributed by atoms with Crippen LogP contribution in [0.5, 0.6) is 5.75 Å². The lowest BCUT2D eigenvalue weighted by molar-refractivity contribution is -0.134. The molecule has 1 spiro atoms. The SMILES string of the molecule is Cc1nc2oc1C13c4ccccc4N[C@H]1Oc1ccc(cc13)C[C@H](CC(=O)[C@H]1CCCO1)C(=O)N[C@H]2C(C)C. The van der Waals surface area contributed by atoms with Crippen LogP contribution in [0.4, 0.5) is 5.69 Å². The first kappa shape index (κ1) is 24.4. The van der Waals surface area contributed by atoms with Crippen LogP contribution in [0.1, 0.15) is 73.2 Å². The van der Waals surface area contributed by atoms with Gasteiger partial charge < -0.3 is 24.5 Å². The maximum absolute atomic E-state index is 13.8. The van der Waals surface area contributed by atoms with Crippen molar-refractivity contribution in [3.63, 3.8) is 0 Å². The molecule has 5 heterocycles. The zero-order valence-electron chi connectivity index (χ0n) is 22.5. The van der Waals surface area contributed by atoms with E-state index in [2.05, 4.69) is 28.8 Å². The Morgan fingerprint density at radius 3 is 2.79 bits per heavy atom. The Balaban J connectivity index is 1.41. The topological polar surface area (TPSA) is 103 Å². The molecule has 8 nitrogen and oxygen atoms in total. The number of oxazole rings is 1. The zero-order valence-corrected chi connectivity index (χ0v) is 22.5. The number of fused-ring (bicyclic) bond motifs is 4. The van der Waals surface area contributed by atoms with Gasteiger partial charge in [0.05, 0.1) is 5.69 Å². The molecule has 7 rings (SSSR count). The smallest absolute Gasteiger partial charge is 0.224 e. The molecule has 39 heavy (non-hydrogen) atoms. The molecule has 202 valence electrons. The van der Waals surface area contributed by atoms with E-state index < -0.39 is 29.7 Å². The van der Waals surface area contributed by atoms with Crippen molar-refractivity contribution in [1.29, 1.82) is 0 Å². The van der Waals surface area contributed by atoms with Crippen LogP contribution in [0.15, 0.2) is 46.9 Å². The predicted octanol–water partition coefficient (Wildman–Crippen LogP) is 4.59. The highest BCUT2D eigenvalue weighted by atomic mass is 16.5. The van der Waals surface area contributed by atoms with E-state index in [0.717, 1.165) is 46.0 Å². The summed E-state index contributed by atoms with van der Waals surface area (Å²) in [7, 11) is 0. The van der Waals surface area contributed by atoms with E-state index >= 15 is 0 Å².